The molecule has 0 unspecified atom stereocenters. The third-order valence-corrected chi connectivity index (χ3v) is 2.76. The maximum Gasteiger partial charge on any atom is 0.0406 e. The molecule has 0 saturated carbocycles. The first-order valence-corrected chi connectivity index (χ1v) is 5.04. The van der Waals surface area contributed by atoms with Gasteiger partial charge in [0.05, 0.1) is 0 Å². The molecule has 0 fully saturated rings. The van der Waals surface area contributed by atoms with Crippen molar-refractivity contribution in [3.8, 4) is 0 Å². The van der Waals surface area contributed by atoms with Crippen molar-refractivity contribution >= 4 is 11.6 Å². The SMILES string of the molecule is CC[C@@H](C)[C@@H](N)c1ccc(Cl)cc1. The van der Waals surface area contributed by atoms with Crippen LogP contribution in [0.25, 0.3) is 0 Å². The predicted molar refractivity (Wildman–Crippen MR) is 57.8 cm³/mol. The Morgan fingerprint density at radius 3 is 2.31 bits per heavy atom. The van der Waals surface area contributed by atoms with Gasteiger partial charge in [0.1, 0.15) is 0 Å². The number of rotatable bonds is 3. The Hall–Kier alpha value is -0.530. The van der Waals surface area contributed by atoms with Gasteiger partial charge in [0.15, 0.2) is 0 Å². The average Bonchev–Trinajstić information content (AvgIpc) is 2.17. The van der Waals surface area contributed by atoms with Crippen LogP contribution in [0.4, 0.5) is 0 Å². The molecule has 2 N–H and O–H groups in total. The number of nitrogens with two attached hydrogens (primary N) is 1. The number of benzene rings is 1. The largest absolute Gasteiger partial charge is 0.324 e. The molecule has 1 aromatic carbocycles. The van der Waals surface area contributed by atoms with Crippen molar-refractivity contribution in [2.45, 2.75) is 26.3 Å². The van der Waals surface area contributed by atoms with Crippen molar-refractivity contribution in [1.82, 2.24) is 0 Å². The summed E-state index contributed by atoms with van der Waals surface area (Å²) in [5.74, 6) is 0.515. The molecule has 1 nitrogen and oxygen atoms in total. The first-order valence-electron chi connectivity index (χ1n) is 4.66. The smallest absolute Gasteiger partial charge is 0.0406 e. The second-order valence-electron chi connectivity index (χ2n) is 3.46. The van der Waals surface area contributed by atoms with Crippen LogP contribution in [-0.4, -0.2) is 0 Å². The van der Waals surface area contributed by atoms with Crippen molar-refractivity contribution < 1.29 is 0 Å². The predicted octanol–water partition coefficient (Wildman–Crippen LogP) is 3.39. The van der Waals surface area contributed by atoms with Gasteiger partial charge >= 0.3 is 0 Å². The first-order chi connectivity index (χ1) is 6.15. The van der Waals surface area contributed by atoms with Crippen molar-refractivity contribution in [2.75, 3.05) is 0 Å². The highest BCUT2D eigenvalue weighted by Gasteiger charge is 2.12. The summed E-state index contributed by atoms with van der Waals surface area (Å²) in [6.07, 6.45) is 1.10. The molecule has 13 heavy (non-hydrogen) atoms. The summed E-state index contributed by atoms with van der Waals surface area (Å²) in [7, 11) is 0. The zero-order valence-electron chi connectivity index (χ0n) is 8.13. The molecule has 2 heteroatoms. The fraction of sp³-hybridized carbons (Fsp3) is 0.455. The molecule has 1 rings (SSSR count). The molecule has 0 saturated heterocycles. The van der Waals surface area contributed by atoms with Crippen molar-refractivity contribution in [1.29, 1.82) is 0 Å². The molecule has 0 radical (unpaired) electrons. The van der Waals surface area contributed by atoms with Crippen LogP contribution in [0, 0.1) is 5.92 Å². The average molecular weight is 198 g/mol. The molecular weight excluding hydrogens is 182 g/mol. The van der Waals surface area contributed by atoms with Gasteiger partial charge in [-0.1, -0.05) is 44.0 Å². The minimum absolute atomic E-state index is 0.127. The first kappa shape index (κ1) is 10.6. The quantitative estimate of drug-likeness (QED) is 0.790. The van der Waals surface area contributed by atoms with Gasteiger partial charge in [-0.3, -0.25) is 0 Å². The summed E-state index contributed by atoms with van der Waals surface area (Å²) in [5, 5.41) is 0.764. The van der Waals surface area contributed by atoms with Crippen LogP contribution in [0.3, 0.4) is 0 Å². The Kier molecular flexibility index (Phi) is 3.76. The molecule has 0 aliphatic carbocycles. The van der Waals surface area contributed by atoms with Crippen LogP contribution in [-0.2, 0) is 0 Å². The van der Waals surface area contributed by atoms with Gasteiger partial charge in [0.2, 0.25) is 0 Å². The maximum absolute atomic E-state index is 6.06. The summed E-state index contributed by atoms with van der Waals surface area (Å²) >= 11 is 5.79. The zero-order chi connectivity index (χ0) is 9.84. The summed E-state index contributed by atoms with van der Waals surface area (Å²) in [6.45, 7) is 4.32. The van der Waals surface area contributed by atoms with Gasteiger partial charge in [0, 0.05) is 11.1 Å². The third kappa shape index (κ3) is 2.71. The molecule has 1 aromatic rings. The molecule has 0 heterocycles. The van der Waals surface area contributed by atoms with E-state index < -0.39 is 0 Å². The molecule has 0 amide bonds. The molecule has 2 atom stereocenters. The lowest BCUT2D eigenvalue weighted by Gasteiger charge is -2.18. The Morgan fingerprint density at radius 2 is 1.85 bits per heavy atom. The zero-order valence-corrected chi connectivity index (χ0v) is 8.88. The Balaban J connectivity index is 2.77. The van der Waals surface area contributed by atoms with Gasteiger partial charge in [-0.15, -0.1) is 0 Å². The van der Waals surface area contributed by atoms with Crippen LogP contribution in [0.15, 0.2) is 24.3 Å². The van der Waals surface area contributed by atoms with Crippen LogP contribution >= 0.6 is 11.6 Å². The summed E-state index contributed by atoms with van der Waals surface area (Å²) in [4.78, 5) is 0. The van der Waals surface area contributed by atoms with E-state index in [0.29, 0.717) is 5.92 Å². The number of hydrogen-bond acceptors (Lipinski definition) is 1. The van der Waals surface area contributed by atoms with E-state index in [4.69, 9.17) is 17.3 Å². The third-order valence-electron chi connectivity index (χ3n) is 2.51. The lowest BCUT2D eigenvalue weighted by Crippen LogP contribution is -2.18. The Morgan fingerprint density at radius 1 is 1.31 bits per heavy atom. The highest BCUT2D eigenvalue weighted by Crippen LogP contribution is 2.22. The van der Waals surface area contributed by atoms with E-state index in [9.17, 15) is 0 Å². The molecule has 0 bridgehead atoms. The second kappa shape index (κ2) is 4.64. The van der Waals surface area contributed by atoms with Gasteiger partial charge in [-0.05, 0) is 23.6 Å². The van der Waals surface area contributed by atoms with E-state index in [2.05, 4.69) is 13.8 Å². The van der Waals surface area contributed by atoms with Crippen molar-refractivity contribution in [2.24, 2.45) is 11.7 Å². The van der Waals surface area contributed by atoms with E-state index in [1.54, 1.807) is 0 Å². The standard InChI is InChI=1S/C11H16ClN/c1-3-8(2)11(13)9-4-6-10(12)7-5-9/h4-8,11H,3,13H2,1-2H3/t8-,11-/m1/s1. The van der Waals surface area contributed by atoms with Crippen LogP contribution in [0.2, 0.25) is 5.02 Å². The molecule has 0 aliphatic rings. The fourth-order valence-corrected chi connectivity index (χ4v) is 1.39. The maximum atomic E-state index is 6.06. The van der Waals surface area contributed by atoms with Crippen molar-refractivity contribution in [3.63, 3.8) is 0 Å². The minimum Gasteiger partial charge on any atom is -0.324 e. The fourth-order valence-electron chi connectivity index (χ4n) is 1.27. The van der Waals surface area contributed by atoms with Gasteiger partial charge in [-0.2, -0.15) is 0 Å². The van der Waals surface area contributed by atoms with Crippen molar-refractivity contribution in [3.05, 3.63) is 34.9 Å². The topological polar surface area (TPSA) is 26.0 Å². The molecule has 72 valence electrons. The lowest BCUT2D eigenvalue weighted by atomic mass is 9.93. The summed E-state index contributed by atoms with van der Waals surface area (Å²) < 4.78 is 0. The number of hydrogen-bond donors (Lipinski definition) is 1. The molecular formula is C11H16ClN. The minimum atomic E-state index is 0.127. The van der Waals surface area contributed by atoms with Gasteiger partial charge in [-0.25, -0.2) is 0 Å². The lowest BCUT2D eigenvalue weighted by molar-refractivity contribution is 0.457. The molecule has 0 aliphatic heterocycles. The normalized spacial score (nSPS) is 15.4. The van der Waals surface area contributed by atoms with E-state index in [1.807, 2.05) is 24.3 Å². The van der Waals surface area contributed by atoms with E-state index in [-0.39, 0.29) is 6.04 Å². The van der Waals surface area contributed by atoms with E-state index in [0.717, 1.165) is 11.4 Å². The second-order valence-corrected chi connectivity index (χ2v) is 3.90. The van der Waals surface area contributed by atoms with Gasteiger partial charge in [0.25, 0.3) is 0 Å². The van der Waals surface area contributed by atoms with Crippen LogP contribution in [0.1, 0.15) is 31.9 Å². The van der Waals surface area contributed by atoms with E-state index >= 15 is 0 Å². The van der Waals surface area contributed by atoms with Gasteiger partial charge < -0.3 is 5.73 Å². The number of halogens is 1. The Labute approximate surface area is 84.9 Å². The van der Waals surface area contributed by atoms with E-state index in [1.165, 1.54) is 5.56 Å². The summed E-state index contributed by atoms with van der Waals surface area (Å²) in [5.41, 5.74) is 7.22. The van der Waals surface area contributed by atoms with Crippen LogP contribution in [0.5, 0.6) is 0 Å². The molecule has 0 aromatic heterocycles. The monoisotopic (exact) mass is 197 g/mol. The molecule has 0 spiro atoms. The van der Waals surface area contributed by atoms with Crippen LogP contribution < -0.4 is 5.73 Å². The Bertz CT molecular complexity index is 255. The highest BCUT2D eigenvalue weighted by molar-refractivity contribution is 6.30. The highest BCUT2D eigenvalue weighted by atomic mass is 35.5. The summed E-state index contributed by atoms with van der Waals surface area (Å²) in [6, 6.07) is 7.90.